The lowest BCUT2D eigenvalue weighted by molar-refractivity contribution is -0.178. The summed E-state index contributed by atoms with van der Waals surface area (Å²) in [5.74, 6) is -0.771. The van der Waals surface area contributed by atoms with Crippen LogP contribution in [-0.2, 0) is 29.5 Å². The van der Waals surface area contributed by atoms with Crippen molar-refractivity contribution in [3.05, 3.63) is 35.9 Å². The number of nitrogens with one attached hydrogen (secondary N) is 1. The van der Waals surface area contributed by atoms with E-state index in [9.17, 15) is 14.4 Å². The normalized spacial score (nSPS) is 22.2. The Morgan fingerprint density at radius 2 is 1.86 bits per heavy atom. The Morgan fingerprint density at radius 3 is 2.45 bits per heavy atom. The summed E-state index contributed by atoms with van der Waals surface area (Å²) in [6, 6.07) is 9.54. The van der Waals surface area contributed by atoms with Crippen LogP contribution < -0.4 is 5.32 Å². The smallest absolute Gasteiger partial charge is 0.444 e. The molecule has 1 N–H and O–H groups in total. The van der Waals surface area contributed by atoms with Crippen LogP contribution in [0.1, 0.15) is 40.2 Å². The molecule has 0 spiro atoms. The molecule has 0 radical (unpaired) electrons. The van der Waals surface area contributed by atoms with Crippen molar-refractivity contribution in [1.29, 1.82) is 0 Å². The average molecular weight is 426 g/mol. The number of ether oxygens (including phenoxy) is 4. The summed E-state index contributed by atoms with van der Waals surface area (Å²) in [6.07, 6.45) is -3.13. The molecule has 1 aliphatic heterocycles. The van der Waals surface area contributed by atoms with Crippen molar-refractivity contribution in [2.24, 2.45) is 5.92 Å². The van der Waals surface area contributed by atoms with Crippen LogP contribution >= 0.6 is 11.8 Å². The molecule has 1 unspecified atom stereocenters. The van der Waals surface area contributed by atoms with Crippen LogP contribution in [0.25, 0.3) is 0 Å². The lowest BCUT2D eigenvalue weighted by Gasteiger charge is -2.30. The fourth-order valence-corrected chi connectivity index (χ4v) is 3.42. The van der Waals surface area contributed by atoms with Gasteiger partial charge in [-0.25, -0.2) is 14.4 Å². The van der Waals surface area contributed by atoms with Gasteiger partial charge in [-0.3, -0.25) is 5.32 Å². The number of cyclic esters (lactones) is 3. The van der Waals surface area contributed by atoms with Crippen LogP contribution in [0.4, 0.5) is 9.59 Å². The second kappa shape index (κ2) is 9.39. The lowest BCUT2D eigenvalue weighted by atomic mass is 10.2. The molecule has 2 rings (SSSR count). The Kier molecular flexibility index (Phi) is 7.40. The van der Waals surface area contributed by atoms with Gasteiger partial charge in [0, 0.05) is 11.7 Å². The molecular formula is C20H27NO7S. The number of alkyl carbamates (subject to hydrolysis) is 1. The van der Waals surface area contributed by atoms with Gasteiger partial charge in [0.2, 0.25) is 0 Å². The average Bonchev–Trinajstić information content (AvgIpc) is 2.71. The van der Waals surface area contributed by atoms with Crippen molar-refractivity contribution < 1.29 is 33.3 Å². The zero-order valence-electron chi connectivity index (χ0n) is 17.2. The molecule has 0 bridgehead atoms. The van der Waals surface area contributed by atoms with Crippen LogP contribution in [0.2, 0.25) is 0 Å². The number of rotatable bonds is 6. The van der Waals surface area contributed by atoms with Crippen LogP contribution in [0.5, 0.6) is 0 Å². The molecule has 0 saturated carbocycles. The highest BCUT2D eigenvalue weighted by Crippen LogP contribution is 2.27. The Labute approximate surface area is 174 Å². The molecule has 160 valence electrons. The van der Waals surface area contributed by atoms with Crippen LogP contribution in [0.15, 0.2) is 30.3 Å². The first kappa shape index (κ1) is 22.9. The van der Waals surface area contributed by atoms with Gasteiger partial charge in [0.15, 0.2) is 0 Å². The van der Waals surface area contributed by atoms with Crippen molar-refractivity contribution in [3.63, 3.8) is 0 Å². The number of carbonyl (C=O) groups is 3. The number of esters is 1. The summed E-state index contributed by atoms with van der Waals surface area (Å²) < 4.78 is 20.8. The van der Waals surface area contributed by atoms with Gasteiger partial charge in [-0.1, -0.05) is 44.2 Å². The maximum atomic E-state index is 12.9. The zero-order chi connectivity index (χ0) is 21.7. The first-order chi connectivity index (χ1) is 13.5. The molecule has 1 aromatic carbocycles. The summed E-state index contributed by atoms with van der Waals surface area (Å²) in [5.41, 5.74) is -1.87. The molecule has 0 aliphatic carbocycles. The first-order valence-corrected chi connectivity index (χ1v) is 10.4. The molecule has 1 aromatic rings. The van der Waals surface area contributed by atoms with Gasteiger partial charge in [0.25, 0.3) is 12.0 Å². The summed E-state index contributed by atoms with van der Waals surface area (Å²) in [4.78, 5) is 37.4. The number of hydrogen-bond donors (Lipinski definition) is 1. The second-order valence-corrected chi connectivity index (χ2v) is 8.91. The van der Waals surface area contributed by atoms with Gasteiger partial charge in [-0.2, -0.15) is 11.8 Å². The molecule has 9 heteroatoms. The number of benzene rings is 1. The molecule has 1 heterocycles. The van der Waals surface area contributed by atoms with Gasteiger partial charge in [-0.15, -0.1) is 0 Å². The quantitative estimate of drug-likeness (QED) is 0.542. The van der Waals surface area contributed by atoms with Gasteiger partial charge < -0.3 is 18.9 Å². The third-order valence-corrected chi connectivity index (χ3v) is 4.84. The second-order valence-electron chi connectivity index (χ2n) is 7.92. The fraction of sp³-hybridized carbons (Fsp3) is 0.550. The van der Waals surface area contributed by atoms with Crippen molar-refractivity contribution in [3.8, 4) is 0 Å². The van der Waals surface area contributed by atoms with E-state index in [4.69, 9.17) is 18.9 Å². The molecule has 2 atom stereocenters. The van der Waals surface area contributed by atoms with E-state index in [2.05, 4.69) is 5.32 Å². The molecule has 1 fully saturated rings. The highest BCUT2D eigenvalue weighted by Gasteiger charge is 2.51. The van der Waals surface area contributed by atoms with Gasteiger partial charge in [0.05, 0.1) is 5.75 Å². The highest BCUT2D eigenvalue weighted by atomic mass is 32.2. The van der Waals surface area contributed by atoms with Crippen LogP contribution in [0, 0.1) is 5.92 Å². The molecule has 8 nitrogen and oxygen atoms in total. The first-order valence-electron chi connectivity index (χ1n) is 9.24. The van der Waals surface area contributed by atoms with Crippen molar-refractivity contribution in [2.75, 3.05) is 5.75 Å². The van der Waals surface area contributed by atoms with E-state index >= 15 is 0 Å². The van der Waals surface area contributed by atoms with E-state index in [0.29, 0.717) is 5.75 Å². The third-order valence-electron chi connectivity index (χ3n) is 3.69. The van der Waals surface area contributed by atoms with Crippen LogP contribution in [-0.4, -0.2) is 41.6 Å². The van der Waals surface area contributed by atoms with Crippen LogP contribution in [0.3, 0.4) is 0 Å². The van der Waals surface area contributed by atoms with Gasteiger partial charge in [-0.05, 0) is 26.3 Å². The minimum Gasteiger partial charge on any atom is -0.444 e. The van der Waals surface area contributed by atoms with E-state index in [-0.39, 0.29) is 11.7 Å². The monoisotopic (exact) mass is 425 g/mol. The summed E-state index contributed by atoms with van der Waals surface area (Å²) in [5, 5.41) is 2.38. The van der Waals surface area contributed by atoms with E-state index in [1.807, 2.05) is 30.3 Å². The van der Waals surface area contributed by atoms with Crippen molar-refractivity contribution in [2.45, 2.75) is 58.0 Å². The molecule has 29 heavy (non-hydrogen) atoms. The summed E-state index contributed by atoms with van der Waals surface area (Å²) in [6.45, 7) is 8.49. The maximum Gasteiger partial charge on any atom is 0.514 e. The highest BCUT2D eigenvalue weighted by molar-refractivity contribution is 7.98. The van der Waals surface area contributed by atoms with Gasteiger partial charge in [0.1, 0.15) is 5.60 Å². The maximum absolute atomic E-state index is 12.9. The molecule has 1 amide bonds. The Bertz CT molecular complexity index is 732. The van der Waals surface area contributed by atoms with Crippen molar-refractivity contribution in [1.82, 2.24) is 5.32 Å². The molecule has 1 saturated heterocycles. The van der Waals surface area contributed by atoms with Gasteiger partial charge >= 0.3 is 18.2 Å². The zero-order valence-corrected chi connectivity index (χ0v) is 18.0. The van der Waals surface area contributed by atoms with E-state index < -0.39 is 35.8 Å². The predicted molar refractivity (Wildman–Crippen MR) is 107 cm³/mol. The van der Waals surface area contributed by atoms with E-state index in [0.717, 1.165) is 5.56 Å². The summed E-state index contributed by atoms with van der Waals surface area (Å²) >= 11 is 1.29. The number of amides is 1. The predicted octanol–water partition coefficient (Wildman–Crippen LogP) is 3.83. The van der Waals surface area contributed by atoms with E-state index in [1.165, 1.54) is 11.8 Å². The minimum atomic E-state index is -2.07. The number of hydrogen-bond acceptors (Lipinski definition) is 8. The minimum absolute atomic E-state index is 0.0834. The number of carbonyl (C=O) groups excluding carboxylic acids is 3. The van der Waals surface area contributed by atoms with E-state index in [1.54, 1.807) is 34.6 Å². The fourth-order valence-electron chi connectivity index (χ4n) is 2.36. The summed E-state index contributed by atoms with van der Waals surface area (Å²) in [7, 11) is 0. The molecular weight excluding hydrogens is 398 g/mol. The molecule has 0 aromatic heterocycles. The topological polar surface area (TPSA) is 100 Å². The third kappa shape index (κ3) is 6.85. The largest absolute Gasteiger partial charge is 0.514 e. The standard InChI is InChI=1S/C20H27NO7S/c1-13(2)15-25-16(22)20(28-18(24)26-15,21-17(23)27-19(3,4)5)12-29-11-14-9-7-6-8-10-14/h6-10,13,15H,11-12H2,1-5H3,(H,21,23)/t15?,20-/m1/s1. The Morgan fingerprint density at radius 1 is 1.21 bits per heavy atom. The Hall–Kier alpha value is -2.42. The SMILES string of the molecule is CC(C)C1OC(=O)O[C@@](CSCc2ccccc2)(NC(=O)OC(C)(C)C)C(=O)O1. The molecule has 1 aliphatic rings. The Balaban J connectivity index is 2.22. The number of thioether (sulfide) groups is 1. The van der Waals surface area contributed by atoms with Crippen molar-refractivity contribution >= 4 is 30.0 Å². The lowest BCUT2D eigenvalue weighted by Crippen LogP contribution is -2.60.